The largest absolute Gasteiger partial charge is 0.480 e. The Morgan fingerprint density at radius 3 is 2.89 bits per heavy atom. The van der Waals surface area contributed by atoms with E-state index >= 15 is 0 Å². The number of H-pyrrole nitrogens is 1. The summed E-state index contributed by atoms with van der Waals surface area (Å²) in [5.74, 6) is -0.248. The molecule has 0 atom stereocenters. The second-order valence-corrected chi connectivity index (χ2v) is 7.13. The predicted molar refractivity (Wildman–Crippen MR) is 105 cm³/mol. The summed E-state index contributed by atoms with van der Waals surface area (Å²) in [5, 5.41) is 13.8. The van der Waals surface area contributed by atoms with Crippen LogP contribution in [0.2, 0.25) is 5.02 Å². The smallest absolute Gasteiger partial charge is 0.317 e. The third kappa shape index (κ3) is 3.89. The maximum atomic E-state index is 10.8. The lowest BCUT2D eigenvalue weighted by atomic mass is 10.1. The molecule has 0 aliphatic carbocycles. The summed E-state index contributed by atoms with van der Waals surface area (Å²) >= 11 is 6.37. The molecule has 140 valence electrons. The number of carboxylic acids is 1. The molecule has 0 unspecified atom stereocenters. The lowest BCUT2D eigenvalue weighted by molar-refractivity contribution is -0.138. The molecule has 0 amide bonds. The van der Waals surface area contributed by atoms with Crippen LogP contribution in [0.3, 0.4) is 0 Å². The van der Waals surface area contributed by atoms with Gasteiger partial charge in [0.1, 0.15) is 0 Å². The van der Waals surface area contributed by atoms with E-state index in [2.05, 4.69) is 20.3 Å². The van der Waals surface area contributed by atoms with E-state index in [1.807, 2.05) is 35.4 Å². The molecule has 0 bridgehead atoms. The van der Waals surface area contributed by atoms with Gasteiger partial charge in [-0.2, -0.15) is 0 Å². The Bertz CT molecular complexity index is 966. The number of likely N-dealkylation sites (tertiary alicyclic amines) is 1. The maximum absolute atomic E-state index is 10.8. The molecule has 0 saturated carbocycles. The van der Waals surface area contributed by atoms with E-state index in [4.69, 9.17) is 16.7 Å². The third-order valence-electron chi connectivity index (χ3n) is 4.87. The van der Waals surface area contributed by atoms with Crippen LogP contribution in [0.5, 0.6) is 0 Å². The van der Waals surface area contributed by atoms with Gasteiger partial charge in [-0.15, -0.1) is 0 Å². The number of piperidine rings is 1. The standard InChI is InChI=1S/C19H20ClN5O2/c20-15-10-22-19(23-12-5-7-25(8-6-12)11-17(26)27)24-18(15)14-9-21-16-4-2-1-3-13(14)16/h1-4,9-10,12,21H,5-8,11H2,(H,26,27)(H,22,23,24). The van der Waals surface area contributed by atoms with Gasteiger partial charge in [0.2, 0.25) is 5.95 Å². The minimum atomic E-state index is -0.786. The minimum absolute atomic E-state index is 0.0921. The van der Waals surface area contributed by atoms with Gasteiger partial charge in [0.15, 0.2) is 0 Å². The van der Waals surface area contributed by atoms with E-state index in [1.165, 1.54) is 0 Å². The summed E-state index contributed by atoms with van der Waals surface area (Å²) in [4.78, 5) is 25.0. The van der Waals surface area contributed by atoms with E-state index in [0.29, 0.717) is 16.7 Å². The van der Waals surface area contributed by atoms with Crippen molar-refractivity contribution >= 4 is 34.4 Å². The molecule has 1 aromatic carbocycles. The number of fused-ring (bicyclic) bond motifs is 1. The van der Waals surface area contributed by atoms with Gasteiger partial charge in [-0.3, -0.25) is 9.69 Å². The molecular formula is C19H20ClN5O2. The molecule has 4 rings (SSSR count). The SMILES string of the molecule is O=C(O)CN1CCC(Nc2ncc(Cl)c(-c3c[nH]c4ccccc34)n2)CC1. The zero-order valence-electron chi connectivity index (χ0n) is 14.7. The van der Waals surface area contributed by atoms with Crippen molar-refractivity contribution in [2.45, 2.75) is 18.9 Å². The number of carbonyl (C=O) groups is 1. The number of para-hydroxylation sites is 1. The van der Waals surface area contributed by atoms with Crippen LogP contribution in [-0.2, 0) is 4.79 Å². The Morgan fingerprint density at radius 1 is 1.33 bits per heavy atom. The average molecular weight is 386 g/mol. The number of aromatic nitrogens is 3. The Hall–Kier alpha value is -2.64. The van der Waals surface area contributed by atoms with Crippen LogP contribution >= 0.6 is 11.6 Å². The quantitative estimate of drug-likeness (QED) is 0.624. The zero-order chi connectivity index (χ0) is 18.8. The fourth-order valence-electron chi connectivity index (χ4n) is 3.50. The van der Waals surface area contributed by atoms with E-state index in [1.54, 1.807) is 6.20 Å². The number of nitrogens with zero attached hydrogens (tertiary/aromatic N) is 3. The molecule has 1 aliphatic heterocycles. The number of anilines is 1. The van der Waals surface area contributed by atoms with Crippen molar-refractivity contribution in [3.05, 3.63) is 41.7 Å². The molecule has 3 aromatic rings. The van der Waals surface area contributed by atoms with Gasteiger partial charge in [-0.1, -0.05) is 29.8 Å². The zero-order valence-corrected chi connectivity index (χ0v) is 15.4. The highest BCUT2D eigenvalue weighted by atomic mass is 35.5. The number of aliphatic carboxylic acids is 1. The second-order valence-electron chi connectivity index (χ2n) is 6.73. The molecule has 7 nitrogen and oxygen atoms in total. The van der Waals surface area contributed by atoms with Crippen molar-refractivity contribution in [1.29, 1.82) is 0 Å². The molecular weight excluding hydrogens is 366 g/mol. The minimum Gasteiger partial charge on any atom is -0.480 e. The number of rotatable bonds is 5. The van der Waals surface area contributed by atoms with Gasteiger partial charge >= 0.3 is 5.97 Å². The number of hydrogen-bond acceptors (Lipinski definition) is 5. The number of carboxylic acid groups (broad SMARTS) is 1. The van der Waals surface area contributed by atoms with Gasteiger partial charge in [0.25, 0.3) is 0 Å². The Kier molecular flexibility index (Phi) is 4.96. The Labute approximate surface area is 161 Å². The third-order valence-corrected chi connectivity index (χ3v) is 5.14. The van der Waals surface area contributed by atoms with Crippen LogP contribution in [0.4, 0.5) is 5.95 Å². The average Bonchev–Trinajstić information content (AvgIpc) is 3.08. The molecule has 8 heteroatoms. The van der Waals surface area contributed by atoms with Crippen molar-refractivity contribution in [3.8, 4) is 11.3 Å². The van der Waals surface area contributed by atoms with E-state index in [-0.39, 0.29) is 12.6 Å². The summed E-state index contributed by atoms with van der Waals surface area (Å²) in [6.07, 6.45) is 5.23. The lowest BCUT2D eigenvalue weighted by Crippen LogP contribution is -2.41. The van der Waals surface area contributed by atoms with Crippen molar-refractivity contribution in [2.24, 2.45) is 0 Å². The van der Waals surface area contributed by atoms with Gasteiger partial charge in [-0.25, -0.2) is 9.97 Å². The highest BCUT2D eigenvalue weighted by Gasteiger charge is 2.21. The molecule has 1 fully saturated rings. The summed E-state index contributed by atoms with van der Waals surface area (Å²) in [5.41, 5.74) is 2.66. The summed E-state index contributed by atoms with van der Waals surface area (Å²) in [6.45, 7) is 1.58. The van der Waals surface area contributed by atoms with Crippen LogP contribution in [-0.4, -0.2) is 56.6 Å². The summed E-state index contributed by atoms with van der Waals surface area (Å²) in [6, 6.07) is 8.22. The molecule has 27 heavy (non-hydrogen) atoms. The molecule has 3 heterocycles. The van der Waals surface area contributed by atoms with Crippen molar-refractivity contribution in [3.63, 3.8) is 0 Å². The Balaban J connectivity index is 1.51. The van der Waals surface area contributed by atoms with E-state index in [9.17, 15) is 4.79 Å². The topological polar surface area (TPSA) is 94.1 Å². The fourth-order valence-corrected chi connectivity index (χ4v) is 3.70. The molecule has 1 saturated heterocycles. The van der Waals surface area contributed by atoms with E-state index in [0.717, 1.165) is 42.4 Å². The second kappa shape index (κ2) is 7.54. The highest BCUT2D eigenvalue weighted by Crippen LogP contribution is 2.32. The van der Waals surface area contributed by atoms with Crippen molar-refractivity contribution in [2.75, 3.05) is 25.0 Å². The monoisotopic (exact) mass is 385 g/mol. The first-order valence-electron chi connectivity index (χ1n) is 8.90. The normalized spacial score (nSPS) is 15.9. The van der Waals surface area contributed by atoms with Crippen LogP contribution in [0.25, 0.3) is 22.2 Å². The van der Waals surface area contributed by atoms with Crippen LogP contribution in [0.1, 0.15) is 12.8 Å². The number of nitrogens with one attached hydrogen (secondary N) is 2. The van der Waals surface area contributed by atoms with E-state index < -0.39 is 5.97 Å². The molecule has 0 spiro atoms. The number of hydrogen-bond donors (Lipinski definition) is 3. The van der Waals surface area contributed by atoms with Crippen molar-refractivity contribution in [1.82, 2.24) is 19.9 Å². The van der Waals surface area contributed by atoms with Crippen LogP contribution in [0, 0.1) is 0 Å². The van der Waals surface area contributed by atoms with Crippen LogP contribution < -0.4 is 5.32 Å². The molecule has 1 aliphatic rings. The number of halogens is 1. The predicted octanol–water partition coefficient (Wildman–Crippen LogP) is 3.24. The highest BCUT2D eigenvalue weighted by molar-refractivity contribution is 6.33. The van der Waals surface area contributed by atoms with Gasteiger partial charge in [0.05, 0.1) is 23.5 Å². The maximum Gasteiger partial charge on any atom is 0.317 e. The van der Waals surface area contributed by atoms with Gasteiger partial charge < -0.3 is 15.4 Å². The molecule has 0 radical (unpaired) electrons. The first-order chi connectivity index (χ1) is 13.1. The van der Waals surface area contributed by atoms with Gasteiger partial charge in [0, 0.05) is 41.8 Å². The summed E-state index contributed by atoms with van der Waals surface area (Å²) < 4.78 is 0. The lowest BCUT2D eigenvalue weighted by Gasteiger charge is -2.31. The van der Waals surface area contributed by atoms with Crippen molar-refractivity contribution < 1.29 is 9.90 Å². The first kappa shape index (κ1) is 17.8. The van der Waals surface area contributed by atoms with Crippen LogP contribution in [0.15, 0.2) is 36.7 Å². The molecule has 3 N–H and O–H groups in total. The fraction of sp³-hybridized carbons (Fsp3) is 0.316. The number of aromatic amines is 1. The summed E-state index contributed by atoms with van der Waals surface area (Å²) in [7, 11) is 0. The number of benzene rings is 1. The first-order valence-corrected chi connectivity index (χ1v) is 9.27. The molecule has 2 aromatic heterocycles. The van der Waals surface area contributed by atoms with Gasteiger partial charge in [-0.05, 0) is 18.9 Å². The Morgan fingerprint density at radius 2 is 2.11 bits per heavy atom.